The van der Waals surface area contributed by atoms with Gasteiger partial charge >= 0.3 is 0 Å². The van der Waals surface area contributed by atoms with E-state index in [0.717, 1.165) is 44.1 Å². The molecule has 0 aliphatic carbocycles. The highest BCUT2D eigenvalue weighted by molar-refractivity contribution is 7.14. The van der Waals surface area contributed by atoms with Crippen molar-refractivity contribution in [1.82, 2.24) is 9.97 Å². The maximum atomic E-state index is 5.43. The number of H-pyrrole nitrogens is 1. The lowest BCUT2D eigenvalue weighted by molar-refractivity contribution is 0.415. The van der Waals surface area contributed by atoms with E-state index >= 15 is 0 Å². The molecular formula is C25H22N4OS. The van der Waals surface area contributed by atoms with Crippen LogP contribution in [0.4, 0.5) is 5.13 Å². The summed E-state index contributed by atoms with van der Waals surface area (Å²) in [5, 5.41) is 9.63. The average Bonchev–Trinajstić information content (AvgIpc) is 3.42. The van der Waals surface area contributed by atoms with Crippen molar-refractivity contribution in [2.45, 2.75) is 13.8 Å². The van der Waals surface area contributed by atoms with Crippen LogP contribution in [0.1, 0.15) is 16.7 Å². The number of methoxy groups -OCH3 is 1. The standard InChI is InChI=1S/C25H22N4OS/c1-15-11-18(13-26-29-25-28-22(14-31-25)17-7-5-4-6-8-17)16(2)23-20-12-19(30-3)9-10-21(20)27-24(15)23/h4-14,27H,1-3H3,(H,28,29). The zero-order valence-corrected chi connectivity index (χ0v) is 18.4. The smallest absolute Gasteiger partial charge is 0.203 e. The molecule has 154 valence electrons. The lowest BCUT2D eigenvalue weighted by Gasteiger charge is -2.06. The first-order chi connectivity index (χ1) is 15.1. The Morgan fingerprint density at radius 3 is 2.74 bits per heavy atom. The molecule has 2 N–H and O–H groups in total. The summed E-state index contributed by atoms with van der Waals surface area (Å²) < 4.78 is 5.43. The molecule has 0 radical (unpaired) electrons. The number of hydrazone groups is 1. The van der Waals surface area contributed by atoms with Crippen LogP contribution in [0.2, 0.25) is 0 Å². The number of aromatic amines is 1. The average molecular weight is 427 g/mol. The van der Waals surface area contributed by atoms with Crippen molar-refractivity contribution in [2.24, 2.45) is 5.10 Å². The van der Waals surface area contributed by atoms with Crippen molar-refractivity contribution in [1.29, 1.82) is 0 Å². The Morgan fingerprint density at radius 1 is 1.10 bits per heavy atom. The molecule has 0 aliphatic rings. The van der Waals surface area contributed by atoms with Crippen LogP contribution in [0, 0.1) is 13.8 Å². The number of hydrogen-bond donors (Lipinski definition) is 2. The third-order valence-corrected chi connectivity index (χ3v) is 6.26. The molecule has 5 aromatic rings. The fourth-order valence-corrected chi connectivity index (χ4v) is 4.57. The molecule has 5 nitrogen and oxygen atoms in total. The number of thiazole rings is 1. The summed E-state index contributed by atoms with van der Waals surface area (Å²) in [7, 11) is 1.69. The molecule has 0 amide bonds. The minimum absolute atomic E-state index is 0.766. The van der Waals surface area contributed by atoms with Gasteiger partial charge in [0.05, 0.1) is 19.0 Å². The first-order valence-electron chi connectivity index (χ1n) is 10.0. The van der Waals surface area contributed by atoms with Crippen LogP contribution >= 0.6 is 11.3 Å². The van der Waals surface area contributed by atoms with E-state index in [1.165, 1.54) is 16.5 Å². The van der Waals surface area contributed by atoms with Gasteiger partial charge in [0.2, 0.25) is 5.13 Å². The van der Waals surface area contributed by atoms with Crippen LogP contribution in [-0.2, 0) is 0 Å². The number of fused-ring (bicyclic) bond motifs is 3. The Hall–Kier alpha value is -3.64. The van der Waals surface area contributed by atoms with Crippen molar-refractivity contribution in [3.8, 4) is 17.0 Å². The Morgan fingerprint density at radius 2 is 1.94 bits per heavy atom. The predicted molar refractivity (Wildman–Crippen MR) is 131 cm³/mol. The van der Waals surface area contributed by atoms with E-state index in [0.29, 0.717) is 0 Å². The summed E-state index contributed by atoms with van der Waals surface area (Å²) in [5.74, 6) is 0.851. The predicted octanol–water partition coefficient (Wildman–Crippen LogP) is 6.52. The largest absolute Gasteiger partial charge is 0.497 e. The molecule has 0 bridgehead atoms. The molecule has 3 aromatic carbocycles. The molecule has 2 heterocycles. The van der Waals surface area contributed by atoms with E-state index in [-0.39, 0.29) is 0 Å². The number of benzene rings is 3. The van der Waals surface area contributed by atoms with E-state index in [1.54, 1.807) is 18.4 Å². The number of rotatable bonds is 5. The lowest BCUT2D eigenvalue weighted by atomic mass is 9.99. The number of aryl methyl sites for hydroxylation is 2. The minimum atomic E-state index is 0.766. The topological polar surface area (TPSA) is 62.3 Å². The highest BCUT2D eigenvalue weighted by atomic mass is 32.1. The zero-order chi connectivity index (χ0) is 21.4. The van der Waals surface area contributed by atoms with Crippen LogP contribution in [0.25, 0.3) is 33.1 Å². The summed E-state index contributed by atoms with van der Waals surface area (Å²) in [6.45, 7) is 4.25. The Bertz CT molecular complexity index is 1420. The van der Waals surface area contributed by atoms with Gasteiger partial charge in [-0.1, -0.05) is 30.3 Å². The van der Waals surface area contributed by atoms with E-state index in [1.807, 2.05) is 35.9 Å². The van der Waals surface area contributed by atoms with Crippen LogP contribution in [0.15, 0.2) is 65.1 Å². The van der Waals surface area contributed by atoms with Crippen LogP contribution in [-0.4, -0.2) is 23.3 Å². The zero-order valence-electron chi connectivity index (χ0n) is 17.6. The molecule has 0 spiro atoms. The monoisotopic (exact) mass is 426 g/mol. The second kappa shape index (κ2) is 7.89. The second-order valence-electron chi connectivity index (χ2n) is 7.47. The normalized spacial score (nSPS) is 11.6. The summed E-state index contributed by atoms with van der Waals surface area (Å²) in [5.41, 5.74) is 10.8. The molecule has 0 unspecified atom stereocenters. The van der Waals surface area contributed by atoms with Gasteiger partial charge in [-0.15, -0.1) is 11.3 Å². The number of nitrogens with one attached hydrogen (secondary N) is 2. The summed E-state index contributed by atoms with van der Waals surface area (Å²) in [6, 6.07) is 18.4. The first-order valence-corrected chi connectivity index (χ1v) is 10.9. The van der Waals surface area contributed by atoms with Gasteiger partial charge in [-0.25, -0.2) is 4.98 Å². The van der Waals surface area contributed by atoms with E-state index in [2.05, 4.69) is 64.7 Å². The Labute approximate surface area is 184 Å². The fraction of sp³-hybridized carbons (Fsp3) is 0.120. The van der Waals surface area contributed by atoms with Gasteiger partial charge in [0.1, 0.15) is 5.75 Å². The maximum absolute atomic E-state index is 5.43. The molecule has 2 aromatic heterocycles. The Kier molecular flexibility index (Phi) is 4.92. The van der Waals surface area contributed by atoms with Crippen LogP contribution < -0.4 is 10.2 Å². The maximum Gasteiger partial charge on any atom is 0.203 e. The summed E-state index contributed by atoms with van der Waals surface area (Å²) in [4.78, 5) is 8.17. The van der Waals surface area contributed by atoms with Crippen molar-refractivity contribution in [3.05, 3.63) is 76.7 Å². The van der Waals surface area contributed by atoms with Crippen molar-refractivity contribution in [2.75, 3.05) is 12.5 Å². The van der Waals surface area contributed by atoms with Gasteiger partial charge in [-0.05, 0) is 54.8 Å². The van der Waals surface area contributed by atoms with E-state index in [9.17, 15) is 0 Å². The molecule has 5 rings (SSSR count). The third-order valence-electron chi connectivity index (χ3n) is 5.52. The van der Waals surface area contributed by atoms with Gasteiger partial charge in [0, 0.05) is 32.7 Å². The highest BCUT2D eigenvalue weighted by Gasteiger charge is 2.13. The molecule has 0 atom stereocenters. The molecule has 0 saturated carbocycles. The van der Waals surface area contributed by atoms with Crippen molar-refractivity contribution >= 4 is 44.5 Å². The van der Waals surface area contributed by atoms with Crippen molar-refractivity contribution < 1.29 is 4.74 Å². The Balaban J connectivity index is 1.46. The summed E-state index contributed by atoms with van der Waals surface area (Å²) in [6.07, 6.45) is 1.87. The van der Waals surface area contributed by atoms with Gasteiger partial charge in [0.15, 0.2) is 0 Å². The number of aromatic nitrogens is 2. The van der Waals surface area contributed by atoms with Gasteiger partial charge in [-0.2, -0.15) is 5.10 Å². The quantitative estimate of drug-likeness (QED) is 0.248. The third kappa shape index (κ3) is 3.55. The molecular weight excluding hydrogens is 404 g/mol. The number of anilines is 1. The second-order valence-corrected chi connectivity index (χ2v) is 8.33. The molecule has 31 heavy (non-hydrogen) atoms. The summed E-state index contributed by atoms with van der Waals surface area (Å²) >= 11 is 1.54. The van der Waals surface area contributed by atoms with Crippen LogP contribution in [0.3, 0.4) is 0 Å². The minimum Gasteiger partial charge on any atom is -0.497 e. The van der Waals surface area contributed by atoms with E-state index in [4.69, 9.17) is 4.74 Å². The number of ether oxygens (including phenoxy) is 1. The fourth-order valence-electron chi connectivity index (χ4n) is 3.90. The molecule has 0 aliphatic heterocycles. The molecule has 0 saturated heterocycles. The van der Waals surface area contributed by atoms with Crippen LogP contribution in [0.5, 0.6) is 5.75 Å². The highest BCUT2D eigenvalue weighted by Crippen LogP contribution is 2.34. The number of nitrogens with zero attached hydrogens (tertiary/aromatic N) is 2. The first kappa shape index (κ1) is 19.3. The van der Waals surface area contributed by atoms with Gasteiger partial charge < -0.3 is 9.72 Å². The molecule has 0 fully saturated rings. The van der Waals surface area contributed by atoms with E-state index < -0.39 is 0 Å². The molecule has 6 heteroatoms. The van der Waals surface area contributed by atoms with Gasteiger partial charge in [-0.3, -0.25) is 5.43 Å². The SMILES string of the molecule is COc1ccc2[nH]c3c(C)cc(C=NNc4nc(-c5ccccc5)cs4)c(C)c3c2c1. The lowest BCUT2D eigenvalue weighted by Crippen LogP contribution is -1.94. The van der Waals surface area contributed by atoms with Crippen molar-refractivity contribution in [3.63, 3.8) is 0 Å². The number of hydrogen-bond acceptors (Lipinski definition) is 5. The van der Waals surface area contributed by atoms with Gasteiger partial charge in [0.25, 0.3) is 0 Å².